The van der Waals surface area contributed by atoms with Crippen LogP contribution >= 0.6 is 0 Å². The van der Waals surface area contributed by atoms with Crippen molar-refractivity contribution >= 4 is 0 Å². The maximum absolute atomic E-state index is 10.2. The molecule has 0 bridgehead atoms. The Morgan fingerprint density at radius 3 is 2.68 bits per heavy atom. The molecule has 0 aliphatic heterocycles. The average molecular weight is 347 g/mol. The Hall–Kier alpha value is -0.340. The lowest BCUT2D eigenvalue weighted by atomic mass is 9.45. The Balaban J connectivity index is 1.59. The SMILES string of the molecule is CC(C(O)CO)[C@H]1CC=C2[C@@H]3CCC4CCCC[C@]4(C)[C@H]3CC[C@@]21C. The molecule has 0 spiro atoms. The van der Waals surface area contributed by atoms with E-state index in [1.807, 2.05) is 0 Å². The van der Waals surface area contributed by atoms with Crippen molar-refractivity contribution in [2.75, 3.05) is 6.61 Å². The van der Waals surface area contributed by atoms with Gasteiger partial charge in [-0.15, -0.1) is 0 Å². The van der Waals surface area contributed by atoms with Crippen LogP contribution in [0.2, 0.25) is 0 Å². The minimum atomic E-state index is -0.570. The number of hydrogen-bond acceptors (Lipinski definition) is 2. The van der Waals surface area contributed by atoms with Gasteiger partial charge in [0, 0.05) is 0 Å². The zero-order valence-corrected chi connectivity index (χ0v) is 16.5. The summed E-state index contributed by atoms with van der Waals surface area (Å²) in [5.74, 6) is 3.34. The fraction of sp³-hybridized carbons (Fsp3) is 0.913. The van der Waals surface area contributed by atoms with Gasteiger partial charge in [0.25, 0.3) is 0 Å². The second kappa shape index (κ2) is 6.37. The predicted octanol–water partition coefficient (Wildman–Crippen LogP) is 4.94. The van der Waals surface area contributed by atoms with Crippen LogP contribution in [0.3, 0.4) is 0 Å². The lowest BCUT2D eigenvalue weighted by Gasteiger charge is -2.59. The quantitative estimate of drug-likeness (QED) is 0.710. The molecule has 2 heteroatoms. The molecule has 4 aliphatic rings. The number of fused-ring (bicyclic) bond motifs is 5. The first-order valence-electron chi connectivity index (χ1n) is 10.9. The molecule has 0 heterocycles. The summed E-state index contributed by atoms with van der Waals surface area (Å²) >= 11 is 0. The summed E-state index contributed by atoms with van der Waals surface area (Å²) < 4.78 is 0. The third-order valence-electron chi connectivity index (χ3n) is 9.48. The van der Waals surface area contributed by atoms with Gasteiger partial charge in [-0.3, -0.25) is 0 Å². The zero-order valence-electron chi connectivity index (χ0n) is 16.5. The molecule has 0 amide bonds. The van der Waals surface area contributed by atoms with Crippen LogP contribution in [0.4, 0.5) is 0 Å². The van der Waals surface area contributed by atoms with Gasteiger partial charge in [0.1, 0.15) is 0 Å². The molecule has 142 valence electrons. The minimum Gasteiger partial charge on any atom is -0.394 e. The smallest absolute Gasteiger partial charge is 0.0799 e. The van der Waals surface area contributed by atoms with E-state index in [0.717, 1.165) is 24.2 Å². The summed E-state index contributed by atoms with van der Waals surface area (Å²) in [6.07, 6.45) is 14.4. The minimum absolute atomic E-state index is 0.102. The van der Waals surface area contributed by atoms with Crippen molar-refractivity contribution < 1.29 is 10.2 Å². The molecule has 8 atom stereocenters. The molecule has 3 unspecified atom stereocenters. The zero-order chi connectivity index (χ0) is 17.8. The van der Waals surface area contributed by atoms with E-state index < -0.39 is 6.10 Å². The third kappa shape index (κ3) is 2.57. The lowest BCUT2D eigenvalue weighted by molar-refractivity contribution is -0.0650. The Kier molecular flexibility index (Phi) is 4.60. The van der Waals surface area contributed by atoms with Crippen molar-refractivity contribution in [1.29, 1.82) is 0 Å². The maximum atomic E-state index is 10.2. The molecule has 4 aliphatic carbocycles. The number of aliphatic hydroxyl groups excluding tert-OH is 2. The largest absolute Gasteiger partial charge is 0.394 e. The van der Waals surface area contributed by atoms with Crippen molar-refractivity contribution in [3.8, 4) is 0 Å². The normalized spacial score (nSPS) is 48.8. The molecule has 0 aromatic heterocycles. The van der Waals surface area contributed by atoms with Crippen LogP contribution in [-0.4, -0.2) is 22.9 Å². The number of rotatable bonds is 3. The van der Waals surface area contributed by atoms with Crippen molar-refractivity contribution in [3.05, 3.63) is 11.6 Å². The highest BCUT2D eigenvalue weighted by Gasteiger charge is 2.57. The monoisotopic (exact) mass is 346 g/mol. The molecule has 2 N–H and O–H groups in total. The van der Waals surface area contributed by atoms with Crippen LogP contribution in [0.1, 0.15) is 78.6 Å². The lowest BCUT2D eigenvalue weighted by Crippen LogP contribution is -2.51. The molecule has 25 heavy (non-hydrogen) atoms. The van der Waals surface area contributed by atoms with Gasteiger partial charge in [0.2, 0.25) is 0 Å². The molecule has 3 fully saturated rings. The van der Waals surface area contributed by atoms with Gasteiger partial charge in [0.15, 0.2) is 0 Å². The van der Waals surface area contributed by atoms with Crippen molar-refractivity contribution in [1.82, 2.24) is 0 Å². The van der Waals surface area contributed by atoms with E-state index in [1.165, 1.54) is 51.4 Å². The molecular weight excluding hydrogens is 308 g/mol. The van der Waals surface area contributed by atoms with Gasteiger partial charge in [-0.1, -0.05) is 45.3 Å². The van der Waals surface area contributed by atoms with E-state index in [0.29, 0.717) is 11.3 Å². The van der Waals surface area contributed by atoms with Gasteiger partial charge in [0.05, 0.1) is 12.7 Å². The van der Waals surface area contributed by atoms with Crippen LogP contribution in [-0.2, 0) is 0 Å². The first kappa shape index (κ1) is 18.0. The summed E-state index contributed by atoms with van der Waals surface area (Å²) in [5, 5.41) is 19.7. The Morgan fingerprint density at radius 1 is 1.12 bits per heavy atom. The highest BCUT2D eigenvalue weighted by Crippen LogP contribution is 2.66. The Bertz CT molecular complexity index is 540. The first-order chi connectivity index (χ1) is 11.9. The molecular formula is C23H38O2. The molecule has 0 saturated heterocycles. The average Bonchev–Trinajstić information content (AvgIpc) is 2.97. The topological polar surface area (TPSA) is 40.5 Å². The van der Waals surface area contributed by atoms with Crippen LogP contribution in [0.25, 0.3) is 0 Å². The molecule has 0 radical (unpaired) electrons. The molecule has 2 nitrogen and oxygen atoms in total. The number of hydrogen-bond donors (Lipinski definition) is 2. The van der Waals surface area contributed by atoms with Crippen molar-refractivity contribution in [2.24, 2.45) is 40.4 Å². The van der Waals surface area contributed by atoms with Crippen LogP contribution in [0, 0.1) is 40.4 Å². The Morgan fingerprint density at radius 2 is 1.92 bits per heavy atom. The van der Waals surface area contributed by atoms with Gasteiger partial charge in [-0.05, 0) is 85.4 Å². The fourth-order valence-electron chi connectivity index (χ4n) is 7.89. The van der Waals surface area contributed by atoms with E-state index in [1.54, 1.807) is 5.57 Å². The Labute approximate surface area is 154 Å². The van der Waals surface area contributed by atoms with Gasteiger partial charge in [-0.25, -0.2) is 0 Å². The molecule has 0 aromatic rings. The first-order valence-corrected chi connectivity index (χ1v) is 10.9. The van der Waals surface area contributed by atoms with Gasteiger partial charge >= 0.3 is 0 Å². The van der Waals surface area contributed by atoms with Gasteiger partial charge in [-0.2, -0.15) is 0 Å². The third-order valence-corrected chi connectivity index (χ3v) is 9.48. The summed E-state index contributed by atoms with van der Waals surface area (Å²) in [4.78, 5) is 0. The standard InChI is InChI=1S/C23H38O2/c1-15(21(25)14-24)18-9-10-19-17-8-7-16-6-4-5-12-22(16,2)20(17)11-13-23(18,19)3/h10,15-18,20-21,24-25H,4-9,11-14H2,1-3H3/t15?,16?,17-,18+,20-,21?,22-,23+/m0/s1. The predicted molar refractivity (Wildman–Crippen MR) is 102 cm³/mol. The van der Waals surface area contributed by atoms with E-state index in [9.17, 15) is 10.2 Å². The molecule has 0 aromatic carbocycles. The molecule has 4 rings (SSSR count). The molecule has 3 saturated carbocycles. The van der Waals surface area contributed by atoms with Crippen molar-refractivity contribution in [2.45, 2.75) is 84.7 Å². The van der Waals surface area contributed by atoms with E-state index in [2.05, 4.69) is 26.8 Å². The summed E-state index contributed by atoms with van der Waals surface area (Å²) in [5.41, 5.74) is 2.59. The summed E-state index contributed by atoms with van der Waals surface area (Å²) in [6.45, 7) is 7.15. The highest BCUT2D eigenvalue weighted by atomic mass is 16.3. The van der Waals surface area contributed by atoms with Crippen LogP contribution in [0.5, 0.6) is 0 Å². The number of aliphatic hydroxyl groups is 2. The van der Waals surface area contributed by atoms with E-state index >= 15 is 0 Å². The number of allylic oxidation sites excluding steroid dienone is 2. The van der Waals surface area contributed by atoms with E-state index in [4.69, 9.17) is 0 Å². The van der Waals surface area contributed by atoms with Gasteiger partial charge < -0.3 is 10.2 Å². The fourth-order valence-corrected chi connectivity index (χ4v) is 7.89. The summed E-state index contributed by atoms with van der Waals surface area (Å²) in [7, 11) is 0. The highest BCUT2D eigenvalue weighted by molar-refractivity contribution is 5.30. The second-order valence-corrected chi connectivity index (χ2v) is 10.3. The van der Waals surface area contributed by atoms with Crippen molar-refractivity contribution in [3.63, 3.8) is 0 Å². The van der Waals surface area contributed by atoms with E-state index in [-0.39, 0.29) is 17.9 Å². The maximum Gasteiger partial charge on any atom is 0.0799 e. The summed E-state index contributed by atoms with van der Waals surface area (Å²) in [6, 6.07) is 0. The van der Waals surface area contributed by atoms with Crippen LogP contribution in [0.15, 0.2) is 11.6 Å². The second-order valence-electron chi connectivity index (χ2n) is 10.3. The van der Waals surface area contributed by atoms with Crippen LogP contribution < -0.4 is 0 Å².